The van der Waals surface area contributed by atoms with E-state index in [2.05, 4.69) is 10.1 Å². The number of hydrogen-bond acceptors (Lipinski definition) is 3. The largest absolute Gasteiger partial charge is 0.484 e. The van der Waals surface area contributed by atoms with Crippen LogP contribution in [-0.2, 0) is 11.2 Å². The summed E-state index contributed by atoms with van der Waals surface area (Å²) < 4.78 is 41.0. The van der Waals surface area contributed by atoms with Crippen LogP contribution in [0.25, 0.3) is 0 Å². The maximum Gasteiger partial charge on any atom is 0.422 e. The van der Waals surface area contributed by atoms with Crippen molar-refractivity contribution in [1.82, 2.24) is 10.2 Å². The Balaban J connectivity index is 2.46. The van der Waals surface area contributed by atoms with Gasteiger partial charge in [0, 0.05) is 13.1 Å². The highest BCUT2D eigenvalue weighted by molar-refractivity contribution is 5.78. The molecule has 0 aromatic heterocycles. The van der Waals surface area contributed by atoms with Gasteiger partial charge in [0.25, 0.3) is 0 Å². The number of alkyl halides is 3. The number of amides is 1. The number of benzene rings is 1. The highest BCUT2D eigenvalue weighted by Gasteiger charge is 2.28. The van der Waals surface area contributed by atoms with Crippen molar-refractivity contribution < 1.29 is 22.7 Å². The van der Waals surface area contributed by atoms with Crippen LogP contribution in [0, 0.1) is 5.92 Å². The van der Waals surface area contributed by atoms with E-state index in [1.165, 1.54) is 12.1 Å². The summed E-state index contributed by atoms with van der Waals surface area (Å²) >= 11 is 0. The standard InChI is InChI=1S/C16H23F3N2O2/c1-12(10-21(2)3)9-20-15(22)8-13-5-4-6-14(7-13)23-11-16(17,18)19/h4-7,12H,8-11H2,1-3H3,(H,20,22). The van der Waals surface area contributed by atoms with Crippen molar-refractivity contribution in [3.8, 4) is 5.75 Å². The van der Waals surface area contributed by atoms with Gasteiger partial charge >= 0.3 is 6.18 Å². The molecule has 0 aliphatic carbocycles. The third-order valence-electron chi connectivity index (χ3n) is 2.99. The molecule has 0 radical (unpaired) electrons. The minimum absolute atomic E-state index is 0.105. The molecule has 0 heterocycles. The van der Waals surface area contributed by atoms with Crippen LogP contribution in [0.1, 0.15) is 12.5 Å². The van der Waals surface area contributed by atoms with Crippen LogP contribution >= 0.6 is 0 Å². The molecule has 0 aliphatic rings. The molecular weight excluding hydrogens is 309 g/mol. The summed E-state index contributed by atoms with van der Waals surface area (Å²) in [6, 6.07) is 6.15. The summed E-state index contributed by atoms with van der Waals surface area (Å²) in [4.78, 5) is 13.9. The Morgan fingerprint density at radius 3 is 2.65 bits per heavy atom. The summed E-state index contributed by atoms with van der Waals surface area (Å²) in [6.45, 7) is 2.11. The Morgan fingerprint density at radius 2 is 2.04 bits per heavy atom. The van der Waals surface area contributed by atoms with Gasteiger partial charge in [-0.05, 0) is 37.7 Å². The SMILES string of the molecule is CC(CNC(=O)Cc1cccc(OCC(F)(F)F)c1)CN(C)C. The molecule has 7 heteroatoms. The number of nitrogens with one attached hydrogen (secondary N) is 1. The molecule has 0 spiro atoms. The van der Waals surface area contributed by atoms with Crippen molar-refractivity contribution in [3.05, 3.63) is 29.8 Å². The number of carbonyl (C=O) groups is 1. The van der Waals surface area contributed by atoms with E-state index in [1.807, 2.05) is 25.9 Å². The number of ether oxygens (including phenoxy) is 1. The van der Waals surface area contributed by atoms with Gasteiger partial charge < -0.3 is 15.0 Å². The fourth-order valence-corrected chi connectivity index (χ4v) is 2.13. The van der Waals surface area contributed by atoms with Gasteiger partial charge in [0.1, 0.15) is 5.75 Å². The van der Waals surface area contributed by atoms with Gasteiger partial charge in [0.2, 0.25) is 5.91 Å². The molecule has 1 aromatic rings. The van der Waals surface area contributed by atoms with Gasteiger partial charge in [-0.2, -0.15) is 13.2 Å². The molecular formula is C16H23F3N2O2. The average Bonchev–Trinajstić information content (AvgIpc) is 2.42. The maximum absolute atomic E-state index is 12.1. The predicted octanol–water partition coefficient (Wildman–Crippen LogP) is 2.48. The van der Waals surface area contributed by atoms with Crippen molar-refractivity contribution in [2.24, 2.45) is 5.92 Å². The first-order valence-corrected chi connectivity index (χ1v) is 7.35. The van der Waals surface area contributed by atoms with Gasteiger partial charge in [0.15, 0.2) is 6.61 Å². The Hall–Kier alpha value is -1.76. The summed E-state index contributed by atoms with van der Waals surface area (Å²) in [5, 5.41) is 2.83. The monoisotopic (exact) mass is 332 g/mol. The second-order valence-electron chi connectivity index (χ2n) is 5.90. The Morgan fingerprint density at radius 1 is 1.35 bits per heavy atom. The minimum atomic E-state index is -4.38. The second-order valence-corrected chi connectivity index (χ2v) is 5.90. The molecule has 1 atom stereocenters. The molecule has 23 heavy (non-hydrogen) atoms. The molecule has 1 aromatic carbocycles. The molecule has 0 saturated carbocycles. The number of nitrogens with zero attached hydrogens (tertiary/aromatic N) is 1. The molecule has 4 nitrogen and oxygen atoms in total. The van der Waals surface area contributed by atoms with E-state index >= 15 is 0 Å². The molecule has 1 N–H and O–H groups in total. The van der Waals surface area contributed by atoms with Gasteiger partial charge in [-0.1, -0.05) is 19.1 Å². The third kappa shape index (κ3) is 9.07. The average molecular weight is 332 g/mol. The van der Waals surface area contributed by atoms with Crippen LogP contribution < -0.4 is 10.1 Å². The fraction of sp³-hybridized carbons (Fsp3) is 0.562. The van der Waals surface area contributed by atoms with Crippen LogP contribution in [0.5, 0.6) is 5.75 Å². The minimum Gasteiger partial charge on any atom is -0.484 e. The normalized spacial score (nSPS) is 13.0. The zero-order valence-electron chi connectivity index (χ0n) is 13.6. The van der Waals surface area contributed by atoms with Crippen LogP contribution in [0.3, 0.4) is 0 Å². The highest BCUT2D eigenvalue weighted by atomic mass is 19.4. The lowest BCUT2D eigenvalue weighted by atomic mass is 10.1. The Labute approximate surface area is 134 Å². The summed E-state index contributed by atoms with van der Waals surface area (Å²) in [7, 11) is 3.93. The fourth-order valence-electron chi connectivity index (χ4n) is 2.13. The lowest BCUT2D eigenvalue weighted by molar-refractivity contribution is -0.153. The molecule has 1 rings (SSSR count). The van der Waals surface area contributed by atoms with E-state index in [9.17, 15) is 18.0 Å². The van der Waals surface area contributed by atoms with E-state index < -0.39 is 12.8 Å². The number of halogens is 3. The van der Waals surface area contributed by atoms with Crippen molar-refractivity contribution in [3.63, 3.8) is 0 Å². The molecule has 0 bridgehead atoms. The van der Waals surface area contributed by atoms with E-state index in [4.69, 9.17) is 0 Å². The van der Waals surface area contributed by atoms with Crippen LogP contribution in [0.15, 0.2) is 24.3 Å². The number of carbonyl (C=O) groups excluding carboxylic acids is 1. The molecule has 0 aliphatic heterocycles. The van der Waals surface area contributed by atoms with E-state index in [0.717, 1.165) is 6.54 Å². The third-order valence-corrected chi connectivity index (χ3v) is 2.99. The van der Waals surface area contributed by atoms with Crippen molar-refractivity contribution in [2.45, 2.75) is 19.5 Å². The van der Waals surface area contributed by atoms with E-state index in [0.29, 0.717) is 18.0 Å². The quantitative estimate of drug-likeness (QED) is 0.795. The first kappa shape index (κ1) is 19.3. The zero-order chi connectivity index (χ0) is 17.5. The molecule has 1 unspecified atom stereocenters. The summed E-state index contributed by atoms with van der Waals surface area (Å²) in [5.74, 6) is 0.257. The zero-order valence-corrected chi connectivity index (χ0v) is 13.6. The van der Waals surface area contributed by atoms with Crippen molar-refractivity contribution in [2.75, 3.05) is 33.8 Å². The summed E-state index contributed by atoms with van der Waals surface area (Å²) in [6.07, 6.45) is -4.27. The van der Waals surface area contributed by atoms with Crippen molar-refractivity contribution >= 4 is 5.91 Å². The van der Waals surface area contributed by atoms with Crippen LogP contribution in [0.2, 0.25) is 0 Å². The maximum atomic E-state index is 12.1. The molecule has 130 valence electrons. The Kier molecular flexibility index (Phi) is 7.35. The first-order chi connectivity index (χ1) is 10.7. The van der Waals surface area contributed by atoms with E-state index in [-0.39, 0.29) is 18.1 Å². The second kappa shape index (κ2) is 8.76. The van der Waals surface area contributed by atoms with Gasteiger partial charge in [0.05, 0.1) is 6.42 Å². The first-order valence-electron chi connectivity index (χ1n) is 7.35. The van der Waals surface area contributed by atoms with Gasteiger partial charge in [-0.25, -0.2) is 0 Å². The topological polar surface area (TPSA) is 41.6 Å². The number of rotatable bonds is 8. The van der Waals surface area contributed by atoms with Crippen LogP contribution in [-0.4, -0.2) is 50.8 Å². The Bertz CT molecular complexity index is 504. The molecule has 1 amide bonds. The van der Waals surface area contributed by atoms with E-state index in [1.54, 1.807) is 12.1 Å². The van der Waals surface area contributed by atoms with Gasteiger partial charge in [-0.15, -0.1) is 0 Å². The van der Waals surface area contributed by atoms with Crippen molar-refractivity contribution in [1.29, 1.82) is 0 Å². The summed E-state index contributed by atoms with van der Waals surface area (Å²) in [5.41, 5.74) is 0.613. The lowest BCUT2D eigenvalue weighted by Crippen LogP contribution is -2.33. The molecule has 0 fully saturated rings. The van der Waals surface area contributed by atoms with Gasteiger partial charge in [-0.3, -0.25) is 4.79 Å². The highest BCUT2D eigenvalue weighted by Crippen LogP contribution is 2.19. The van der Waals surface area contributed by atoms with Crippen LogP contribution in [0.4, 0.5) is 13.2 Å². The number of hydrogen-bond donors (Lipinski definition) is 1. The predicted molar refractivity (Wildman–Crippen MR) is 82.4 cm³/mol. The lowest BCUT2D eigenvalue weighted by Gasteiger charge is -2.17. The smallest absolute Gasteiger partial charge is 0.422 e. The molecule has 0 saturated heterocycles.